The first kappa shape index (κ1) is 11.4. The van der Waals surface area contributed by atoms with E-state index in [0.29, 0.717) is 5.13 Å². The molecule has 0 saturated heterocycles. The van der Waals surface area contributed by atoms with E-state index in [1.54, 1.807) is 18.1 Å². The average Bonchev–Trinajstić information content (AvgIpc) is 2.82. The fourth-order valence-electron chi connectivity index (χ4n) is 1.62. The third-order valence-corrected chi connectivity index (χ3v) is 4.49. The van der Waals surface area contributed by atoms with Crippen molar-refractivity contribution in [2.45, 2.75) is 10.8 Å². The summed E-state index contributed by atoms with van der Waals surface area (Å²) < 4.78 is 0. The summed E-state index contributed by atoms with van der Waals surface area (Å²) >= 11 is 3.19. The van der Waals surface area contributed by atoms with Crippen molar-refractivity contribution in [1.29, 1.82) is 0 Å². The van der Waals surface area contributed by atoms with Gasteiger partial charge in [0.05, 0.1) is 5.52 Å². The Kier molecular flexibility index (Phi) is 3.12. The summed E-state index contributed by atoms with van der Waals surface area (Å²) in [5.74, 6) is 0.829. The Hall–Kier alpha value is -1.66. The van der Waals surface area contributed by atoms with Gasteiger partial charge in [0.2, 0.25) is 0 Å². The molecule has 0 bridgehead atoms. The number of fused-ring (bicyclic) bond motifs is 1. The Morgan fingerprint density at radius 1 is 1.17 bits per heavy atom. The molecular weight excluding hydrogens is 264 g/mol. The van der Waals surface area contributed by atoms with E-state index in [1.807, 2.05) is 30.5 Å². The van der Waals surface area contributed by atoms with Crippen LogP contribution in [0.25, 0.3) is 10.9 Å². The Morgan fingerprint density at radius 2 is 2.06 bits per heavy atom. The van der Waals surface area contributed by atoms with Crippen molar-refractivity contribution < 1.29 is 0 Å². The van der Waals surface area contributed by atoms with Gasteiger partial charge in [-0.15, -0.1) is 11.3 Å². The van der Waals surface area contributed by atoms with Crippen LogP contribution in [-0.2, 0) is 5.75 Å². The van der Waals surface area contributed by atoms with E-state index < -0.39 is 0 Å². The Labute approximate surface area is 112 Å². The quantitative estimate of drug-likeness (QED) is 0.587. The number of aromatic nitrogens is 3. The summed E-state index contributed by atoms with van der Waals surface area (Å²) in [6.07, 6.45) is 3.42. The van der Waals surface area contributed by atoms with Gasteiger partial charge in [0.15, 0.2) is 5.13 Å². The van der Waals surface area contributed by atoms with Crippen LogP contribution in [0.3, 0.4) is 0 Å². The molecule has 0 aliphatic rings. The van der Waals surface area contributed by atoms with Crippen molar-refractivity contribution in [3.05, 3.63) is 41.7 Å². The van der Waals surface area contributed by atoms with Gasteiger partial charge >= 0.3 is 0 Å². The van der Waals surface area contributed by atoms with E-state index in [0.717, 1.165) is 26.6 Å². The van der Waals surface area contributed by atoms with Crippen LogP contribution in [0.2, 0.25) is 0 Å². The van der Waals surface area contributed by atoms with Crippen LogP contribution >= 0.6 is 23.1 Å². The molecule has 2 aromatic heterocycles. The molecule has 0 radical (unpaired) electrons. The van der Waals surface area contributed by atoms with Crippen molar-refractivity contribution in [3.63, 3.8) is 0 Å². The van der Waals surface area contributed by atoms with Gasteiger partial charge in [-0.05, 0) is 6.07 Å². The normalized spacial score (nSPS) is 10.9. The molecule has 1 aromatic carbocycles. The molecule has 0 aliphatic carbocycles. The number of nitrogen functional groups attached to an aromatic ring is 1. The second-order valence-electron chi connectivity index (χ2n) is 3.65. The maximum absolute atomic E-state index is 5.61. The van der Waals surface area contributed by atoms with Gasteiger partial charge < -0.3 is 5.73 Å². The zero-order chi connectivity index (χ0) is 12.4. The van der Waals surface area contributed by atoms with E-state index in [-0.39, 0.29) is 0 Å². The van der Waals surface area contributed by atoms with Crippen molar-refractivity contribution in [2.24, 2.45) is 0 Å². The number of thioether (sulfide) groups is 1. The van der Waals surface area contributed by atoms with E-state index in [1.165, 1.54) is 11.3 Å². The maximum atomic E-state index is 5.61. The summed E-state index contributed by atoms with van der Waals surface area (Å²) in [5, 5.41) is 2.69. The summed E-state index contributed by atoms with van der Waals surface area (Å²) in [6, 6.07) is 8.01. The van der Waals surface area contributed by atoms with Crippen molar-refractivity contribution in [1.82, 2.24) is 15.0 Å². The molecule has 2 N–H and O–H groups in total. The lowest BCUT2D eigenvalue weighted by Crippen LogP contribution is -1.86. The van der Waals surface area contributed by atoms with Gasteiger partial charge in [0, 0.05) is 22.2 Å². The van der Waals surface area contributed by atoms with Gasteiger partial charge in [-0.3, -0.25) is 0 Å². The summed E-state index contributed by atoms with van der Waals surface area (Å²) in [5.41, 5.74) is 6.58. The Balaban J connectivity index is 1.86. The first-order valence-corrected chi connectivity index (χ1v) is 7.16. The topological polar surface area (TPSA) is 64.7 Å². The molecule has 0 fully saturated rings. The predicted octanol–water partition coefficient (Wildman–Crippen LogP) is 2.96. The zero-order valence-electron chi connectivity index (χ0n) is 9.41. The van der Waals surface area contributed by atoms with Gasteiger partial charge in [-0.1, -0.05) is 30.0 Å². The van der Waals surface area contributed by atoms with Crippen LogP contribution < -0.4 is 5.73 Å². The van der Waals surface area contributed by atoms with Crippen molar-refractivity contribution in [2.75, 3.05) is 5.73 Å². The number of para-hydroxylation sites is 1. The minimum atomic E-state index is 0.609. The second kappa shape index (κ2) is 4.91. The van der Waals surface area contributed by atoms with Gasteiger partial charge in [-0.2, -0.15) is 0 Å². The molecule has 3 aromatic rings. The molecule has 0 aliphatic heterocycles. The molecule has 0 atom stereocenters. The summed E-state index contributed by atoms with van der Waals surface area (Å²) in [6.45, 7) is 0. The van der Waals surface area contributed by atoms with E-state index >= 15 is 0 Å². The number of hydrogen-bond acceptors (Lipinski definition) is 6. The van der Waals surface area contributed by atoms with Crippen LogP contribution in [0.1, 0.15) is 4.88 Å². The van der Waals surface area contributed by atoms with Crippen LogP contribution in [0.15, 0.2) is 41.8 Å². The highest BCUT2D eigenvalue weighted by Crippen LogP contribution is 2.29. The number of rotatable bonds is 3. The highest BCUT2D eigenvalue weighted by Gasteiger charge is 2.05. The summed E-state index contributed by atoms with van der Waals surface area (Å²) in [7, 11) is 0. The van der Waals surface area contributed by atoms with E-state index in [9.17, 15) is 0 Å². The van der Waals surface area contributed by atoms with Crippen molar-refractivity contribution >= 4 is 39.1 Å². The van der Waals surface area contributed by atoms with Gasteiger partial charge in [0.1, 0.15) is 11.4 Å². The largest absolute Gasteiger partial charge is 0.375 e. The third-order valence-electron chi connectivity index (χ3n) is 2.43. The van der Waals surface area contributed by atoms with E-state index in [2.05, 4.69) is 15.0 Å². The highest BCUT2D eigenvalue weighted by molar-refractivity contribution is 7.98. The number of thiazole rings is 1. The first-order valence-electron chi connectivity index (χ1n) is 5.35. The lowest BCUT2D eigenvalue weighted by atomic mass is 10.2. The molecule has 0 spiro atoms. The monoisotopic (exact) mass is 274 g/mol. The lowest BCUT2D eigenvalue weighted by molar-refractivity contribution is 1.10. The van der Waals surface area contributed by atoms with E-state index in [4.69, 9.17) is 5.73 Å². The molecule has 0 saturated carbocycles. The number of nitrogens with zero attached hydrogens (tertiary/aromatic N) is 3. The highest BCUT2D eigenvalue weighted by atomic mass is 32.2. The van der Waals surface area contributed by atoms with Crippen LogP contribution in [0, 0.1) is 0 Å². The number of hydrogen-bond donors (Lipinski definition) is 1. The first-order chi connectivity index (χ1) is 8.83. The molecule has 2 heterocycles. The predicted molar refractivity (Wildman–Crippen MR) is 75.6 cm³/mol. The molecule has 4 nitrogen and oxygen atoms in total. The fourth-order valence-corrected chi connectivity index (χ4v) is 3.32. The molecule has 0 amide bonds. The molecule has 3 rings (SSSR count). The number of anilines is 1. The minimum Gasteiger partial charge on any atom is -0.375 e. The lowest BCUT2D eigenvalue weighted by Gasteiger charge is -2.02. The standard InChI is InChI=1S/C12H10N4S2/c13-12-14-5-8(18-12)6-17-11-9-3-1-2-4-10(9)15-7-16-11/h1-5,7H,6H2,(H2,13,14). The zero-order valence-corrected chi connectivity index (χ0v) is 11.0. The minimum absolute atomic E-state index is 0.609. The molecule has 0 unspecified atom stereocenters. The Bertz CT molecular complexity index is 675. The Morgan fingerprint density at radius 3 is 2.89 bits per heavy atom. The smallest absolute Gasteiger partial charge is 0.180 e. The van der Waals surface area contributed by atoms with Crippen LogP contribution in [0.5, 0.6) is 0 Å². The molecule has 6 heteroatoms. The maximum Gasteiger partial charge on any atom is 0.180 e. The molecule has 18 heavy (non-hydrogen) atoms. The number of nitrogens with two attached hydrogens (primary N) is 1. The average molecular weight is 274 g/mol. The molecular formula is C12H10N4S2. The van der Waals surface area contributed by atoms with Gasteiger partial charge in [-0.25, -0.2) is 15.0 Å². The molecule has 90 valence electrons. The van der Waals surface area contributed by atoms with Crippen molar-refractivity contribution in [3.8, 4) is 0 Å². The fraction of sp³-hybridized carbons (Fsp3) is 0.0833. The van der Waals surface area contributed by atoms with Crippen LogP contribution in [-0.4, -0.2) is 15.0 Å². The second-order valence-corrected chi connectivity index (χ2v) is 5.76. The van der Waals surface area contributed by atoms with Crippen LogP contribution in [0.4, 0.5) is 5.13 Å². The third kappa shape index (κ3) is 2.30. The number of benzene rings is 1. The van der Waals surface area contributed by atoms with Gasteiger partial charge in [0.25, 0.3) is 0 Å². The summed E-state index contributed by atoms with van der Waals surface area (Å²) in [4.78, 5) is 13.8. The SMILES string of the molecule is Nc1ncc(CSc2ncnc3ccccc23)s1.